The third kappa shape index (κ3) is 3.65. The lowest BCUT2D eigenvalue weighted by molar-refractivity contribution is -0.134. The van der Waals surface area contributed by atoms with E-state index in [-0.39, 0.29) is 0 Å². The van der Waals surface area contributed by atoms with Crippen LogP contribution in [0, 0.1) is 0 Å². The Hall–Kier alpha value is -1.99. The first-order valence-corrected chi connectivity index (χ1v) is 10.6. The molecule has 4 aliphatic rings. The highest BCUT2D eigenvalue weighted by atomic mass is 16.7. The molecule has 7 nitrogen and oxygen atoms in total. The van der Waals surface area contributed by atoms with Crippen molar-refractivity contribution in [1.82, 2.24) is 14.7 Å². The molecule has 0 radical (unpaired) electrons. The van der Waals surface area contributed by atoms with Crippen LogP contribution in [0.3, 0.4) is 0 Å². The molecule has 1 aromatic carbocycles. The van der Waals surface area contributed by atoms with E-state index in [1.807, 2.05) is 6.07 Å². The average Bonchev–Trinajstić information content (AvgIpc) is 3.15. The van der Waals surface area contributed by atoms with E-state index < -0.39 is 0 Å². The number of hydrogen-bond acceptors (Lipinski definition) is 6. The molecule has 0 spiro atoms. The SMILES string of the molecule is O=C(CN1CCN(c2ccc3c(c2)OCO3)CC1)N1CCN(C2CCC2)CC1. The molecule has 1 amide bonds. The molecular formula is C21H30N4O3. The standard InChI is InChI=1S/C21H30N4O3/c26-21(25-12-10-23(11-13-25)17-2-1-3-17)15-22-6-8-24(9-7-22)18-4-5-19-20(14-18)28-16-27-19/h4-5,14,17H,1-3,6-13,15-16H2. The summed E-state index contributed by atoms with van der Waals surface area (Å²) in [5.41, 5.74) is 1.17. The van der Waals surface area contributed by atoms with E-state index in [1.165, 1.54) is 24.9 Å². The molecule has 0 N–H and O–H groups in total. The zero-order chi connectivity index (χ0) is 18.9. The van der Waals surface area contributed by atoms with Gasteiger partial charge in [-0.05, 0) is 25.0 Å². The topological polar surface area (TPSA) is 48.5 Å². The number of carbonyl (C=O) groups excluding carboxylic acids is 1. The van der Waals surface area contributed by atoms with Crippen molar-refractivity contribution < 1.29 is 14.3 Å². The first kappa shape index (κ1) is 18.1. The maximum Gasteiger partial charge on any atom is 0.236 e. The molecule has 3 fully saturated rings. The van der Waals surface area contributed by atoms with Crippen molar-refractivity contribution in [1.29, 1.82) is 0 Å². The number of fused-ring (bicyclic) bond motifs is 1. The largest absolute Gasteiger partial charge is 0.454 e. The summed E-state index contributed by atoms with van der Waals surface area (Å²) in [6.07, 6.45) is 4.07. The molecule has 5 rings (SSSR count). The Morgan fingerprint density at radius 3 is 2.39 bits per heavy atom. The Labute approximate surface area is 166 Å². The number of carbonyl (C=O) groups is 1. The van der Waals surface area contributed by atoms with Crippen molar-refractivity contribution in [2.24, 2.45) is 0 Å². The van der Waals surface area contributed by atoms with Crippen LogP contribution in [0.15, 0.2) is 18.2 Å². The second-order valence-electron chi connectivity index (χ2n) is 8.30. The van der Waals surface area contributed by atoms with Gasteiger partial charge in [-0.15, -0.1) is 0 Å². The Morgan fingerprint density at radius 2 is 1.68 bits per heavy atom. The highest BCUT2D eigenvalue weighted by Crippen LogP contribution is 2.35. The van der Waals surface area contributed by atoms with Gasteiger partial charge in [-0.3, -0.25) is 14.6 Å². The summed E-state index contributed by atoms with van der Waals surface area (Å²) in [6, 6.07) is 6.93. The van der Waals surface area contributed by atoms with Gasteiger partial charge < -0.3 is 19.3 Å². The molecule has 28 heavy (non-hydrogen) atoms. The summed E-state index contributed by atoms with van der Waals surface area (Å²) in [7, 11) is 0. The van der Waals surface area contributed by atoms with Gasteiger partial charge in [0.05, 0.1) is 6.54 Å². The minimum atomic E-state index is 0.296. The molecule has 0 bridgehead atoms. The van der Waals surface area contributed by atoms with Crippen LogP contribution in [-0.2, 0) is 4.79 Å². The Morgan fingerprint density at radius 1 is 0.929 bits per heavy atom. The number of benzene rings is 1. The van der Waals surface area contributed by atoms with Gasteiger partial charge >= 0.3 is 0 Å². The number of rotatable bonds is 4. The Bertz CT molecular complexity index is 708. The minimum Gasteiger partial charge on any atom is -0.454 e. The van der Waals surface area contributed by atoms with Gasteiger partial charge in [0, 0.05) is 70.2 Å². The molecular weight excluding hydrogens is 356 g/mol. The van der Waals surface area contributed by atoms with E-state index in [2.05, 4.69) is 31.7 Å². The molecule has 0 aromatic heterocycles. The Kier molecular flexibility index (Phi) is 5.03. The van der Waals surface area contributed by atoms with Gasteiger partial charge in [-0.1, -0.05) is 6.42 Å². The van der Waals surface area contributed by atoms with Crippen molar-refractivity contribution in [3.05, 3.63) is 18.2 Å². The predicted octanol–water partition coefficient (Wildman–Crippen LogP) is 1.23. The van der Waals surface area contributed by atoms with E-state index >= 15 is 0 Å². The van der Waals surface area contributed by atoms with Crippen LogP contribution in [-0.4, -0.2) is 92.3 Å². The maximum absolute atomic E-state index is 12.7. The van der Waals surface area contributed by atoms with Gasteiger partial charge in [0.15, 0.2) is 11.5 Å². The van der Waals surface area contributed by atoms with Crippen LogP contribution in [0.1, 0.15) is 19.3 Å². The predicted molar refractivity (Wildman–Crippen MR) is 107 cm³/mol. The summed E-state index contributed by atoms with van der Waals surface area (Å²) in [6.45, 7) is 8.46. The lowest BCUT2D eigenvalue weighted by atomic mass is 9.91. The monoisotopic (exact) mass is 386 g/mol. The molecule has 1 aliphatic carbocycles. The zero-order valence-electron chi connectivity index (χ0n) is 16.5. The highest BCUT2D eigenvalue weighted by Gasteiger charge is 2.30. The molecule has 1 saturated carbocycles. The maximum atomic E-state index is 12.7. The van der Waals surface area contributed by atoms with Crippen LogP contribution in [0.4, 0.5) is 5.69 Å². The minimum absolute atomic E-state index is 0.296. The van der Waals surface area contributed by atoms with Crippen LogP contribution in [0.5, 0.6) is 11.5 Å². The Balaban J connectivity index is 1.08. The lowest BCUT2D eigenvalue weighted by Gasteiger charge is -2.43. The molecule has 1 aromatic rings. The van der Waals surface area contributed by atoms with Gasteiger partial charge in [0.25, 0.3) is 0 Å². The van der Waals surface area contributed by atoms with Crippen molar-refractivity contribution in [3.63, 3.8) is 0 Å². The third-order valence-corrected chi connectivity index (χ3v) is 6.71. The zero-order valence-corrected chi connectivity index (χ0v) is 16.5. The van der Waals surface area contributed by atoms with E-state index in [1.54, 1.807) is 0 Å². The van der Waals surface area contributed by atoms with Crippen molar-refractivity contribution in [3.8, 4) is 11.5 Å². The summed E-state index contributed by atoms with van der Waals surface area (Å²) in [5, 5.41) is 0. The smallest absolute Gasteiger partial charge is 0.236 e. The van der Waals surface area contributed by atoms with E-state index in [0.717, 1.165) is 69.9 Å². The van der Waals surface area contributed by atoms with Crippen molar-refractivity contribution >= 4 is 11.6 Å². The summed E-state index contributed by atoms with van der Waals surface area (Å²) >= 11 is 0. The number of ether oxygens (including phenoxy) is 2. The van der Waals surface area contributed by atoms with Gasteiger partial charge in [0.2, 0.25) is 12.7 Å². The molecule has 2 saturated heterocycles. The average molecular weight is 386 g/mol. The number of amides is 1. The van der Waals surface area contributed by atoms with Crippen LogP contribution < -0.4 is 14.4 Å². The second-order valence-corrected chi connectivity index (χ2v) is 8.30. The number of nitrogens with zero attached hydrogens (tertiary/aromatic N) is 4. The molecule has 0 unspecified atom stereocenters. The van der Waals surface area contributed by atoms with Crippen LogP contribution in [0.2, 0.25) is 0 Å². The molecule has 3 aliphatic heterocycles. The number of anilines is 1. The van der Waals surface area contributed by atoms with Gasteiger partial charge in [0.1, 0.15) is 0 Å². The van der Waals surface area contributed by atoms with E-state index in [4.69, 9.17) is 9.47 Å². The van der Waals surface area contributed by atoms with E-state index in [9.17, 15) is 4.79 Å². The number of hydrogen-bond donors (Lipinski definition) is 0. The summed E-state index contributed by atoms with van der Waals surface area (Å²) in [5.74, 6) is 1.95. The fourth-order valence-corrected chi connectivity index (χ4v) is 4.63. The van der Waals surface area contributed by atoms with Crippen LogP contribution >= 0.6 is 0 Å². The van der Waals surface area contributed by atoms with Crippen molar-refractivity contribution in [2.75, 3.05) is 70.6 Å². The van der Waals surface area contributed by atoms with E-state index in [0.29, 0.717) is 19.2 Å². The number of piperazine rings is 2. The molecule has 0 atom stereocenters. The lowest BCUT2D eigenvalue weighted by Crippen LogP contribution is -2.56. The fraction of sp³-hybridized carbons (Fsp3) is 0.667. The summed E-state index contributed by atoms with van der Waals surface area (Å²) < 4.78 is 10.9. The van der Waals surface area contributed by atoms with Crippen LogP contribution in [0.25, 0.3) is 0 Å². The van der Waals surface area contributed by atoms with Gasteiger partial charge in [-0.25, -0.2) is 0 Å². The normalized spacial score (nSPS) is 23.7. The summed E-state index contributed by atoms with van der Waals surface area (Å²) in [4.78, 5) is 22.0. The molecule has 7 heteroatoms. The van der Waals surface area contributed by atoms with Crippen molar-refractivity contribution in [2.45, 2.75) is 25.3 Å². The fourth-order valence-electron chi connectivity index (χ4n) is 4.63. The quantitative estimate of drug-likeness (QED) is 0.776. The molecule has 152 valence electrons. The first-order valence-electron chi connectivity index (χ1n) is 10.6. The second kappa shape index (κ2) is 7.79. The highest BCUT2D eigenvalue weighted by molar-refractivity contribution is 5.78. The third-order valence-electron chi connectivity index (χ3n) is 6.71. The van der Waals surface area contributed by atoms with Gasteiger partial charge in [-0.2, -0.15) is 0 Å². The first-order chi connectivity index (χ1) is 13.8. The molecule has 3 heterocycles.